The van der Waals surface area contributed by atoms with Crippen LogP contribution in [-0.4, -0.2) is 24.5 Å². The summed E-state index contributed by atoms with van der Waals surface area (Å²) in [5.41, 5.74) is -0.600. The van der Waals surface area contributed by atoms with Gasteiger partial charge in [0, 0.05) is 11.6 Å². The van der Waals surface area contributed by atoms with Crippen LogP contribution >= 0.6 is 11.6 Å². The Kier molecular flexibility index (Phi) is 5.17. The van der Waals surface area contributed by atoms with Crippen LogP contribution in [0.1, 0.15) is 33.3 Å². The van der Waals surface area contributed by atoms with E-state index in [0.29, 0.717) is 5.02 Å². The Labute approximate surface area is 124 Å². The van der Waals surface area contributed by atoms with Crippen molar-refractivity contribution >= 4 is 24.0 Å². The van der Waals surface area contributed by atoms with Crippen LogP contribution in [0.3, 0.4) is 0 Å². The molecule has 0 fully saturated rings. The van der Waals surface area contributed by atoms with E-state index in [1.54, 1.807) is 52.0 Å². The van der Waals surface area contributed by atoms with Gasteiger partial charge in [-0.1, -0.05) is 23.7 Å². The number of hydrogen-bond donors (Lipinski definition) is 1. The van der Waals surface area contributed by atoms with Gasteiger partial charge in [-0.15, -0.1) is 0 Å². The molecule has 1 atom stereocenters. The van der Waals surface area contributed by atoms with Crippen molar-refractivity contribution in [1.82, 2.24) is 5.32 Å². The largest absolute Gasteiger partial charge is 0.444 e. The van der Waals surface area contributed by atoms with Crippen molar-refractivity contribution in [3.63, 3.8) is 0 Å². The zero-order valence-electron chi connectivity index (χ0n) is 12.2. The van der Waals surface area contributed by atoms with Gasteiger partial charge in [0.25, 0.3) is 0 Å². The highest BCUT2D eigenvalue weighted by Crippen LogP contribution is 2.22. The number of nitrogens with one attached hydrogen (secondary N) is 1. The standard InChI is InChI=1S/C15H20ClNO3/c1-14(2,3)20-13(19)17-9-15(4,10-18)11-5-7-12(16)8-6-11/h5-8,10H,9H2,1-4H3,(H,17,19). The van der Waals surface area contributed by atoms with Crippen LogP contribution in [0, 0.1) is 0 Å². The molecule has 20 heavy (non-hydrogen) atoms. The third-order valence-electron chi connectivity index (χ3n) is 2.76. The van der Waals surface area contributed by atoms with Crippen LogP contribution in [0.25, 0.3) is 0 Å². The van der Waals surface area contributed by atoms with Crippen LogP contribution < -0.4 is 5.32 Å². The number of alkyl carbamates (subject to hydrolysis) is 1. The normalized spacial score (nSPS) is 14.2. The average molecular weight is 298 g/mol. The average Bonchev–Trinajstić information content (AvgIpc) is 2.35. The number of hydrogen-bond acceptors (Lipinski definition) is 3. The molecule has 5 heteroatoms. The van der Waals surface area contributed by atoms with Gasteiger partial charge in [0.1, 0.15) is 11.9 Å². The quantitative estimate of drug-likeness (QED) is 0.867. The lowest BCUT2D eigenvalue weighted by atomic mass is 9.84. The number of carbonyl (C=O) groups excluding carboxylic acids is 2. The molecule has 0 aliphatic rings. The minimum Gasteiger partial charge on any atom is -0.444 e. The number of ether oxygens (including phenoxy) is 1. The number of rotatable bonds is 4. The number of carbonyl (C=O) groups is 2. The van der Waals surface area contributed by atoms with Gasteiger partial charge in [-0.3, -0.25) is 0 Å². The number of benzene rings is 1. The van der Waals surface area contributed by atoms with Gasteiger partial charge in [0.05, 0.1) is 5.41 Å². The SMILES string of the molecule is CC(C)(C)OC(=O)NCC(C)(C=O)c1ccc(Cl)cc1. The Morgan fingerprint density at radius 2 is 1.80 bits per heavy atom. The maximum Gasteiger partial charge on any atom is 0.407 e. The maximum atomic E-state index is 11.6. The molecular weight excluding hydrogens is 278 g/mol. The predicted octanol–water partition coefficient (Wildman–Crippen LogP) is 3.32. The first-order chi connectivity index (χ1) is 9.16. The van der Waals surface area contributed by atoms with Crippen LogP contribution in [0.2, 0.25) is 5.02 Å². The van der Waals surface area contributed by atoms with Gasteiger partial charge in [0.15, 0.2) is 0 Å². The van der Waals surface area contributed by atoms with Crippen molar-refractivity contribution in [2.45, 2.75) is 38.7 Å². The first kappa shape index (κ1) is 16.5. The molecule has 0 saturated heterocycles. The smallest absolute Gasteiger partial charge is 0.407 e. The molecule has 1 amide bonds. The van der Waals surface area contributed by atoms with E-state index in [1.807, 2.05) is 0 Å². The van der Waals surface area contributed by atoms with Crippen molar-refractivity contribution < 1.29 is 14.3 Å². The zero-order valence-corrected chi connectivity index (χ0v) is 13.0. The summed E-state index contributed by atoms with van der Waals surface area (Å²) in [6, 6.07) is 6.97. The van der Waals surface area contributed by atoms with Gasteiger partial charge in [-0.2, -0.15) is 0 Å². The lowest BCUT2D eigenvalue weighted by Crippen LogP contribution is -2.42. The third-order valence-corrected chi connectivity index (χ3v) is 3.01. The molecule has 110 valence electrons. The van der Waals surface area contributed by atoms with E-state index < -0.39 is 17.1 Å². The molecule has 1 aromatic rings. The van der Waals surface area contributed by atoms with Gasteiger partial charge >= 0.3 is 6.09 Å². The molecule has 0 saturated carbocycles. The molecule has 1 aromatic carbocycles. The van der Waals surface area contributed by atoms with Gasteiger partial charge in [0.2, 0.25) is 0 Å². The molecule has 4 nitrogen and oxygen atoms in total. The Morgan fingerprint density at radius 1 is 1.25 bits per heavy atom. The number of amides is 1. The molecule has 0 aliphatic carbocycles. The van der Waals surface area contributed by atoms with Crippen molar-refractivity contribution in [3.8, 4) is 0 Å². The van der Waals surface area contributed by atoms with E-state index in [4.69, 9.17) is 16.3 Å². The Bertz CT molecular complexity index is 479. The molecule has 0 radical (unpaired) electrons. The Morgan fingerprint density at radius 3 is 2.25 bits per heavy atom. The van der Waals surface area contributed by atoms with Crippen LogP contribution in [-0.2, 0) is 14.9 Å². The molecule has 0 heterocycles. The van der Waals surface area contributed by atoms with Crippen LogP contribution in [0.5, 0.6) is 0 Å². The van der Waals surface area contributed by atoms with E-state index in [0.717, 1.165) is 11.8 Å². The van der Waals surface area contributed by atoms with E-state index in [-0.39, 0.29) is 6.54 Å². The van der Waals surface area contributed by atoms with Gasteiger partial charge in [-0.05, 0) is 45.4 Å². The third kappa shape index (κ3) is 4.85. The summed E-state index contributed by atoms with van der Waals surface area (Å²) in [6.45, 7) is 7.26. The summed E-state index contributed by atoms with van der Waals surface area (Å²) in [6.07, 6.45) is 0.271. The van der Waals surface area contributed by atoms with Crippen molar-refractivity contribution in [2.24, 2.45) is 0 Å². The van der Waals surface area contributed by atoms with E-state index in [9.17, 15) is 9.59 Å². The predicted molar refractivity (Wildman–Crippen MR) is 79.1 cm³/mol. The fourth-order valence-electron chi connectivity index (χ4n) is 1.61. The second-order valence-electron chi connectivity index (χ2n) is 5.90. The van der Waals surface area contributed by atoms with Crippen molar-refractivity contribution in [1.29, 1.82) is 0 Å². The van der Waals surface area contributed by atoms with Crippen LogP contribution in [0.15, 0.2) is 24.3 Å². The number of aldehydes is 1. The lowest BCUT2D eigenvalue weighted by Gasteiger charge is -2.26. The van der Waals surface area contributed by atoms with Crippen molar-refractivity contribution in [2.75, 3.05) is 6.54 Å². The first-order valence-electron chi connectivity index (χ1n) is 6.35. The van der Waals surface area contributed by atoms with Gasteiger partial charge < -0.3 is 14.8 Å². The topological polar surface area (TPSA) is 55.4 Å². The summed E-state index contributed by atoms with van der Waals surface area (Å²) < 4.78 is 5.15. The molecule has 1 N–H and O–H groups in total. The summed E-state index contributed by atoms with van der Waals surface area (Å²) in [5, 5.41) is 3.22. The zero-order chi connectivity index (χ0) is 15.4. The molecule has 0 bridgehead atoms. The molecule has 0 aromatic heterocycles. The summed E-state index contributed by atoms with van der Waals surface area (Å²) in [7, 11) is 0. The minimum atomic E-state index is -0.818. The first-order valence-corrected chi connectivity index (χ1v) is 6.73. The molecule has 0 spiro atoms. The molecule has 0 aliphatic heterocycles. The monoisotopic (exact) mass is 297 g/mol. The molecule has 1 rings (SSSR count). The van der Waals surface area contributed by atoms with E-state index >= 15 is 0 Å². The summed E-state index contributed by atoms with van der Waals surface area (Å²) in [5.74, 6) is 0. The Balaban J connectivity index is 2.73. The fourth-order valence-corrected chi connectivity index (χ4v) is 1.74. The highest BCUT2D eigenvalue weighted by Gasteiger charge is 2.28. The fraction of sp³-hybridized carbons (Fsp3) is 0.467. The van der Waals surface area contributed by atoms with E-state index in [2.05, 4.69) is 5.32 Å². The maximum absolute atomic E-state index is 11.6. The molecule has 1 unspecified atom stereocenters. The van der Waals surface area contributed by atoms with Crippen LogP contribution in [0.4, 0.5) is 4.79 Å². The highest BCUT2D eigenvalue weighted by molar-refractivity contribution is 6.30. The highest BCUT2D eigenvalue weighted by atomic mass is 35.5. The van der Waals surface area contributed by atoms with Crippen molar-refractivity contribution in [3.05, 3.63) is 34.9 Å². The summed E-state index contributed by atoms with van der Waals surface area (Å²) in [4.78, 5) is 23.0. The second kappa shape index (κ2) is 6.27. The number of halogens is 1. The minimum absolute atomic E-state index is 0.160. The Hall–Kier alpha value is -1.55. The molecular formula is C15H20ClNO3. The second-order valence-corrected chi connectivity index (χ2v) is 6.33. The van der Waals surface area contributed by atoms with Gasteiger partial charge in [-0.25, -0.2) is 4.79 Å². The summed E-state index contributed by atoms with van der Waals surface area (Å²) >= 11 is 5.83. The lowest BCUT2D eigenvalue weighted by molar-refractivity contribution is -0.112. The van der Waals surface area contributed by atoms with E-state index in [1.165, 1.54) is 0 Å².